The first-order valence-electron chi connectivity index (χ1n) is 5.95. The molecule has 1 amide bonds. The van der Waals surface area contributed by atoms with Crippen LogP contribution in [0.4, 0.5) is 0 Å². The van der Waals surface area contributed by atoms with Gasteiger partial charge in [-0.05, 0) is 24.9 Å². The largest absolute Gasteiger partial charge is 0.345 e. The topological polar surface area (TPSA) is 54.9 Å². The zero-order chi connectivity index (χ0) is 14.0. The van der Waals surface area contributed by atoms with Crippen molar-refractivity contribution in [2.45, 2.75) is 52.0 Å². The summed E-state index contributed by atoms with van der Waals surface area (Å²) in [6.45, 7) is 9.98. The third-order valence-electron chi connectivity index (χ3n) is 2.90. The van der Waals surface area contributed by atoms with Crippen LogP contribution in [0, 0.1) is 0 Å². The van der Waals surface area contributed by atoms with Gasteiger partial charge in [0.2, 0.25) is 0 Å². The molecular formula is C12H20ClN3OS. The van der Waals surface area contributed by atoms with Gasteiger partial charge in [0.25, 0.3) is 5.91 Å². The van der Waals surface area contributed by atoms with Crippen molar-refractivity contribution in [1.82, 2.24) is 14.9 Å². The van der Waals surface area contributed by atoms with E-state index in [-0.39, 0.29) is 11.3 Å². The lowest BCUT2D eigenvalue weighted by atomic mass is 9.91. The number of halogens is 1. The Bertz CT molecular complexity index is 421. The minimum atomic E-state index is -0.391. The third-order valence-corrected chi connectivity index (χ3v) is 4.21. The van der Waals surface area contributed by atoms with Gasteiger partial charge in [-0.3, -0.25) is 4.79 Å². The van der Waals surface area contributed by atoms with Gasteiger partial charge in [0, 0.05) is 11.3 Å². The first-order valence-corrected chi connectivity index (χ1v) is 7.25. The van der Waals surface area contributed by atoms with Crippen LogP contribution in [0.15, 0.2) is 0 Å². The third kappa shape index (κ3) is 3.42. The van der Waals surface area contributed by atoms with E-state index < -0.39 is 5.54 Å². The number of carbonyl (C=O) groups excluding carboxylic acids is 1. The predicted molar refractivity (Wildman–Crippen MR) is 75.5 cm³/mol. The lowest BCUT2D eigenvalue weighted by Crippen LogP contribution is -2.47. The molecule has 0 bridgehead atoms. The molecule has 1 atom stereocenters. The summed E-state index contributed by atoms with van der Waals surface area (Å²) in [7, 11) is 0. The smallest absolute Gasteiger partial charge is 0.265 e. The first-order chi connectivity index (χ1) is 8.23. The average Bonchev–Trinajstić information content (AvgIpc) is 2.77. The Morgan fingerprint density at radius 3 is 2.44 bits per heavy atom. The van der Waals surface area contributed by atoms with Crippen LogP contribution in [-0.2, 0) is 5.41 Å². The van der Waals surface area contributed by atoms with Gasteiger partial charge in [0.1, 0.15) is 4.88 Å². The summed E-state index contributed by atoms with van der Waals surface area (Å²) in [5.41, 5.74) is 0.152. The summed E-state index contributed by atoms with van der Waals surface area (Å²) in [5, 5.41) is 7.03. The van der Waals surface area contributed by atoms with Gasteiger partial charge in [-0.25, -0.2) is 0 Å². The summed E-state index contributed by atoms with van der Waals surface area (Å²) in [5.74, 6) is 0.242. The number of amides is 1. The molecule has 1 aromatic rings. The maximum Gasteiger partial charge on any atom is 0.265 e. The highest BCUT2D eigenvalue weighted by Gasteiger charge is 2.30. The average molecular weight is 290 g/mol. The van der Waals surface area contributed by atoms with Gasteiger partial charge in [-0.15, -0.1) is 16.7 Å². The van der Waals surface area contributed by atoms with E-state index in [1.54, 1.807) is 0 Å². The number of aromatic nitrogens is 2. The molecule has 4 nitrogen and oxygen atoms in total. The normalized spacial score (nSPS) is 15.2. The molecule has 1 unspecified atom stereocenters. The van der Waals surface area contributed by atoms with Crippen molar-refractivity contribution < 1.29 is 4.79 Å². The van der Waals surface area contributed by atoms with Gasteiger partial charge in [0.05, 0.1) is 11.2 Å². The van der Waals surface area contributed by atoms with Crippen LogP contribution in [0.3, 0.4) is 0 Å². The molecule has 1 N–H and O–H groups in total. The Balaban J connectivity index is 2.96. The molecule has 18 heavy (non-hydrogen) atoms. The Hall–Kier alpha value is -0.680. The maximum absolute atomic E-state index is 12.3. The number of rotatable bonds is 4. The Kier molecular flexibility index (Phi) is 4.72. The lowest BCUT2D eigenvalue weighted by Gasteiger charge is -2.27. The van der Waals surface area contributed by atoms with Crippen LogP contribution in [-0.4, -0.2) is 26.9 Å². The minimum Gasteiger partial charge on any atom is -0.345 e. The second-order valence-electron chi connectivity index (χ2n) is 5.70. The van der Waals surface area contributed by atoms with Crippen LogP contribution in [0.2, 0.25) is 0 Å². The van der Waals surface area contributed by atoms with Crippen LogP contribution >= 0.6 is 23.1 Å². The van der Waals surface area contributed by atoms with Crippen LogP contribution in [0.1, 0.15) is 56.4 Å². The van der Waals surface area contributed by atoms with E-state index in [1.807, 2.05) is 34.6 Å². The SMILES string of the molecule is CCC(C)(CCl)NC(=O)c1snnc1C(C)(C)C. The van der Waals surface area contributed by atoms with Crippen molar-refractivity contribution in [3.8, 4) is 0 Å². The van der Waals surface area contributed by atoms with Crippen molar-refractivity contribution in [3.05, 3.63) is 10.6 Å². The standard InChI is InChI=1S/C12H20ClN3OS/c1-6-12(5,7-13)14-10(17)8-9(11(2,3)4)15-16-18-8/h6-7H2,1-5H3,(H,14,17). The summed E-state index contributed by atoms with van der Waals surface area (Å²) >= 11 is 7.03. The maximum atomic E-state index is 12.3. The van der Waals surface area contributed by atoms with Crippen LogP contribution < -0.4 is 5.32 Å². The summed E-state index contributed by atoms with van der Waals surface area (Å²) in [4.78, 5) is 12.8. The van der Waals surface area contributed by atoms with Gasteiger partial charge >= 0.3 is 0 Å². The zero-order valence-corrected chi connectivity index (χ0v) is 13.1. The van der Waals surface area contributed by atoms with Crippen molar-refractivity contribution in [3.63, 3.8) is 0 Å². The number of hydrogen-bond acceptors (Lipinski definition) is 4. The Morgan fingerprint density at radius 2 is 2.00 bits per heavy atom. The number of nitrogens with one attached hydrogen (secondary N) is 1. The summed E-state index contributed by atoms with van der Waals surface area (Å²) < 4.78 is 3.89. The number of carbonyl (C=O) groups is 1. The van der Waals surface area contributed by atoms with Gasteiger partial charge in [-0.2, -0.15) is 0 Å². The van der Waals surface area contributed by atoms with Crippen LogP contribution in [0.25, 0.3) is 0 Å². The molecule has 0 aliphatic rings. The molecule has 0 radical (unpaired) electrons. The number of nitrogens with zero attached hydrogens (tertiary/aromatic N) is 2. The van der Waals surface area contributed by atoms with E-state index in [9.17, 15) is 4.79 Å². The van der Waals surface area contributed by atoms with E-state index >= 15 is 0 Å². The van der Waals surface area contributed by atoms with E-state index in [0.29, 0.717) is 10.8 Å². The molecule has 0 saturated carbocycles. The number of hydrogen-bond donors (Lipinski definition) is 1. The second kappa shape index (κ2) is 5.53. The van der Waals surface area contributed by atoms with Crippen LogP contribution in [0.5, 0.6) is 0 Å². The fourth-order valence-electron chi connectivity index (χ4n) is 1.38. The highest BCUT2D eigenvalue weighted by molar-refractivity contribution is 7.08. The number of alkyl halides is 1. The van der Waals surface area contributed by atoms with Crippen molar-refractivity contribution in [1.29, 1.82) is 0 Å². The minimum absolute atomic E-state index is 0.139. The fraction of sp³-hybridized carbons (Fsp3) is 0.750. The van der Waals surface area contributed by atoms with Crippen molar-refractivity contribution >= 4 is 29.0 Å². The monoisotopic (exact) mass is 289 g/mol. The first kappa shape index (κ1) is 15.4. The quantitative estimate of drug-likeness (QED) is 0.867. The second-order valence-corrected chi connectivity index (χ2v) is 6.72. The molecule has 0 spiro atoms. The van der Waals surface area contributed by atoms with Gasteiger partial charge < -0.3 is 5.32 Å². The Morgan fingerprint density at radius 1 is 1.39 bits per heavy atom. The summed E-state index contributed by atoms with van der Waals surface area (Å²) in [6.07, 6.45) is 0.777. The van der Waals surface area contributed by atoms with E-state index in [4.69, 9.17) is 11.6 Å². The molecular weight excluding hydrogens is 270 g/mol. The van der Waals surface area contributed by atoms with Crippen molar-refractivity contribution in [2.75, 3.05) is 5.88 Å². The molecule has 1 heterocycles. The molecule has 102 valence electrons. The fourth-order valence-corrected chi connectivity index (χ4v) is 2.40. The molecule has 0 fully saturated rings. The summed E-state index contributed by atoms with van der Waals surface area (Å²) in [6, 6.07) is 0. The zero-order valence-electron chi connectivity index (χ0n) is 11.5. The van der Waals surface area contributed by atoms with Gasteiger partial charge in [-0.1, -0.05) is 32.2 Å². The molecule has 0 saturated heterocycles. The molecule has 0 aromatic carbocycles. The van der Waals surface area contributed by atoms with E-state index in [0.717, 1.165) is 23.6 Å². The lowest BCUT2D eigenvalue weighted by molar-refractivity contribution is 0.0914. The predicted octanol–water partition coefficient (Wildman–Crippen LogP) is 2.97. The van der Waals surface area contributed by atoms with Gasteiger partial charge in [0.15, 0.2) is 0 Å². The van der Waals surface area contributed by atoms with Crippen molar-refractivity contribution in [2.24, 2.45) is 0 Å². The highest BCUT2D eigenvalue weighted by Crippen LogP contribution is 2.26. The molecule has 1 aromatic heterocycles. The molecule has 0 aliphatic carbocycles. The van der Waals surface area contributed by atoms with E-state index in [2.05, 4.69) is 14.9 Å². The highest BCUT2D eigenvalue weighted by atomic mass is 35.5. The molecule has 6 heteroatoms. The molecule has 0 aliphatic heterocycles. The molecule has 1 rings (SSSR count). The van der Waals surface area contributed by atoms with E-state index in [1.165, 1.54) is 0 Å². The Labute approximate surface area is 117 Å².